The molecule has 0 saturated heterocycles. The van der Waals surface area contributed by atoms with Crippen LogP contribution in [-0.2, 0) is 4.79 Å². The number of amides is 2. The highest BCUT2D eigenvalue weighted by Crippen LogP contribution is 2.09. The zero-order chi connectivity index (χ0) is 16.0. The molecule has 0 saturated carbocycles. The highest BCUT2D eigenvalue weighted by Gasteiger charge is 2.13. The minimum Gasteiger partial charge on any atom is -0.352 e. The summed E-state index contributed by atoms with van der Waals surface area (Å²) in [5, 5.41) is 2.51. The van der Waals surface area contributed by atoms with Crippen molar-refractivity contribution in [2.75, 3.05) is 13.6 Å². The summed E-state index contributed by atoms with van der Waals surface area (Å²) in [6.07, 6.45) is 0.769. The van der Waals surface area contributed by atoms with Crippen molar-refractivity contribution in [1.82, 2.24) is 10.2 Å². The lowest BCUT2D eigenvalue weighted by atomic mass is 10.2. The molecular weight excluding hydrogens is 278 g/mol. The number of carbonyl (C=O) groups excluding carboxylic acids is 2. The highest BCUT2D eigenvalue weighted by molar-refractivity contribution is 5.94. The molecule has 0 aliphatic heterocycles. The van der Waals surface area contributed by atoms with Gasteiger partial charge in [0.15, 0.2) is 0 Å². The van der Waals surface area contributed by atoms with Gasteiger partial charge in [0, 0.05) is 32.1 Å². The Bertz CT molecular complexity index is 518. The molecule has 0 heterocycles. The number of nitrogens with one attached hydrogen (secondary N) is 1. The summed E-state index contributed by atoms with van der Waals surface area (Å²) in [4.78, 5) is 25.0. The Morgan fingerprint density at radius 1 is 1.29 bits per heavy atom. The normalized spacial score (nSPS) is 10.6. The largest absolute Gasteiger partial charge is 0.352 e. The molecule has 1 N–H and O–H groups in total. The van der Waals surface area contributed by atoms with E-state index in [1.54, 1.807) is 11.9 Å². The Morgan fingerprint density at radius 3 is 2.52 bits per heavy atom. The van der Waals surface area contributed by atoms with Gasteiger partial charge < -0.3 is 10.2 Å². The van der Waals surface area contributed by atoms with Gasteiger partial charge in [0.2, 0.25) is 5.91 Å². The third kappa shape index (κ3) is 5.13. The standard InChI is InChI=1S/C15H20F2N2O2/c1-10(2)19(3)14(20)5-4-8-18-15(21)12-7-6-11(16)9-13(12)17/h6-7,9-10H,4-5,8H2,1-3H3,(H,18,21). The lowest BCUT2D eigenvalue weighted by Gasteiger charge is -2.21. The van der Waals surface area contributed by atoms with Crippen LogP contribution in [0, 0.1) is 11.6 Å². The van der Waals surface area contributed by atoms with E-state index in [4.69, 9.17) is 0 Å². The molecule has 21 heavy (non-hydrogen) atoms. The molecule has 0 bridgehead atoms. The molecule has 2 amide bonds. The molecule has 0 spiro atoms. The van der Waals surface area contributed by atoms with E-state index in [0.717, 1.165) is 12.1 Å². The highest BCUT2D eigenvalue weighted by atomic mass is 19.1. The summed E-state index contributed by atoms with van der Waals surface area (Å²) in [5.41, 5.74) is -0.206. The van der Waals surface area contributed by atoms with Crippen LogP contribution in [0.5, 0.6) is 0 Å². The number of carbonyl (C=O) groups is 2. The molecule has 0 radical (unpaired) electrons. The van der Waals surface area contributed by atoms with Crippen LogP contribution in [0.2, 0.25) is 0 Å². The third-order valence-corrected chi connectivity index (χ3v) is 3.20. The van der Waals surface area contributed by atoms with Crippen molar-refractivity contribution in [3.63, 3.8) is 0 Å². The monoisotopic (exact) mass is 298 g/mol. The van der Waals surface area contributed by atoms with Crippen LogP contribution in [-0.4, -0.2) is 36.3 Å². The van der Waals surface area contributed by atoms with Gasteiger partial charge in [-0.3, -0.25) is 9.59 Å². The zero-order valence-corrected chi connectivity index (χ0v) is 12.5. The SMILES string of the molecule is CC(C)N(C)C(=O)CCCNC(=O)c1ccc(F)cc1F. The lowest BCUT2D eigenvalue weighted by Crippen LogP contribution is -2.33. The summed E-state index contributed by atoms with van der Waals surface area (Å²) in [5.74, 6) is -2.25. The minimum atomic E-state index is -0.900. The number of benzene rings is 1. The fourth-order valence-electron chi connectivity index (χ4n) is 1.67. The quantitative estimate of drug-likeness (QED) is 0.820. The zero-order valence-electron chi connectivity index (χ0n) is 12.5. The van der Waals surface area contributed by atoms with Crippen LogP contribution in [0.4, 0.5) is 8.78 Å². The van der Waals surface area contributed by atoms with Crippen LogP contribution >= 0.6 is 0 Å². The first-order chi connectivity index (χ1) is 9.82. The van der Waals surface area contributed by atoms with Crippen molar-refractivity contribution in [1.29, 1.82) is 0 Å². The van der Waals surface area contributed by atoms with E-state index in [1.807, 2.05) is 13.8 Å². The average molecular weight is 298 g/mol. The molecule has 1 aromatic carbocycles. The Morgan fingerprint density at radius 2 is 1.95 bits per heavy atom. The second-order valence-corrected chi connectivity index (χ2v) is 5.08. The molecule has 0 unspecified atom stereocenters. The summed E-state index contributed by atoms with van der Waals surface area (Å²) in [6, 6.07) is 2.91. The lowest BCUT2D eigenvalue weighted by molar-refractivity contribution is -0.131. The van der Waals surface area contributed by atoms with E-state index in [-0.39, 0.29) is 24.1 Å². The van der Waals surface area contributed by atoms with Crippen molar-refractivity contribution >= 4 is 11.8 Å². The Labute approximate surface area is 123 Å². The number of hydrogen-bond acceptors (Lipinski definition) is 2. The second-order valence-electron chi connectivity index (χ2n) is 5.08. The van der Waals surface area contributed by atoms with Gasteiger partial charge >= 0.3 is 0 Å². The molecular formula is C15H20F2N2O2. The predicted molar refractivity (Wildman–Crippen MR) is 75.8 cm³/mol. The molecule has 0 aliphatic rings. The topological polar surface area (TPSA) is 49.4 Å². The maximum absolute atomic E-state index is 13.4. The van der Waals surface area contributed by atoms with Gasteiger partial charge in [-0.2, -0.15) is 0 Å². The van der Waals surface area contributed by atoms with Crippen LogP contribution in [0.15, 0.2) is 18.2 Å². The van der Waals surface area contributed by atoms with Crippen LogP contribution in [0.1, 0.15) is 37.0 Å². The van der Waals surface area contributed by atoms with Crippen LogP contribution < -0.4 is 5.32 Å². The fraction of sp³-hybridized carbons (Fsp3) is 0.467. The first-order valence-corrected chi connectivity index (χ1v) is 6.82. The Kier molecular flexibility index (Phi) is 6.27. The van der Waals surface area contributed by atoms with Gasteiger partial charge in [-0.05, 0) is 32.4 Å². The molecule has 0 atom stereocenters. The van der Waals surface area contributed by atoms with Gasteiger partial charge in [0.05, 0.1) is 5.56 Å². The van der Waals surface area contributed by atoms with E-state index in [9.17, 15) is 18.4 Å². The van der Waals surface area contributed by atoms with E-state index < -0.39 is 17.5 Å². The molecule has 116 valence electrons. The molecule has 1 rings (SSSR count). The summed E-state index contributed by atoms with van der Waals surface area (Å²) in [7, 11) is 1.72. The first-order valence-electron chi connectivity index (χ1n) is 6.82. The Balaban J connectivity index is 2.39. The molecule has 0 fully saturated rings. The average Bonchev–Trinajstić information content (AvgIpc) is 2.42. The van der Waals surface area contributed by atoms with Crippen molar-refractivity contribution in [3.8, 4) is 0 Å². The van der Waals surface area contributed by atoms with Crippen molar-refractivity contribution in [2.24, 2.45) is 0 Å². The van der Waals surface area contributed by atoms with E-state index in [2.05, 4.69) is 5.32 Å². The van der Waals surface area contributed by atoms with E-state index in [1.165, 1.54) is 0 Å². The number of halogens is 2. The molecule has 0 aromatic heterocycles. The molecule has 4 nitrogen and oxygen atoms in total. The van der Waals surface area contributed by atoms with E-state index in [0.29, 0.717) is 18.9 Å². The molecule has 0 aliphatic carbocycles. The summed E-state index contributed by atoms with van der Waals surface area (Å²) in [6.45, 7) is 4.08. The number of nitrogens with zero attached hydrogens (tertiary/aromatic N) is 1. The number of rotatable bonds is 6. The van der Waals surface area contributed by atoms with Crippen molar-refractivity contribution < 1.29 is 18.4 Å². The fourth-order valence-corrected chi connectivity index (χ4v) is 1.67. The van der Waals surface area contributed by atoms with Gasteiger partial charge in [0.1, 0.15) is 11.6 Å². The van der Waals surface area contributed by atoms with Crippen molar-refractivity contribution in [3.05, 3.63) is 35.4 Å². The molecule has 1 aromatic rings. The minimum absolute atomic E-state index is 0.00721. The van der Waals surface area contributed by atoms with Gasteiger partial charge in [-0.1, -0.05) is 0 Å². The number of hydrogen-bond donors (Lipinski definition) is 1. The maximum Gasteiger partial charge on any atom is 0.254 e. The third-order valence-electron chi connectivity index (χ3n) is 3.20. The maximum atomic E-state index is 13.4. The van der Waals surface area contributed by atoms with Crippen molar-refractivity contribution in [2.45, 2.75) is 32.7 Å². The van der Waals surface area contributed by atoms with E-state index >= 15 is 0 Å². The van der Waals surface area contributed by atoms with Gasteiger partial charge in [-0.15, -0.1) is 0 Å². The first kappa shape index (κ1) is 17.1. The van der Waals surface area contributed by atoms with Gasteiger partial charge in [0.25, 0.3) is 5.91 Å². The van der Waals surface area contributed by atoms with Crippen LogP contribution in [0.3, 0.4) is 0 Å². The summed E-state index contributed by atoms with van der Waals surface area (Å²) >= 11 is 0. The Hall–Kier alpha value is -1.98. The summed E-state index contributed by atoms with van der Waals surface area (Å²) < 4.78 is 26.1. The predicted octanol–water partition coefficient (Wildman–Crippen LogP) is 2.34. The molecule has 6 heteroatoms. The second kappa shape index (κ2) is 7.71. The smallest absolute Gasteiger partial charge is 0.254 e. The van der Waals surface area contributed by atoms with Crippen LogP contribution in [0.25, 0.3) is 0 Å². The van der Waals surface area contributed by atoms with Gasteiger partial charge in [-0.25, -0.2) is 8.78 Å².